The second kappa shape index (κ2) is 7.05. The van der Waals surface area contributed by atoms with Crippen LogP contribution in [0.15, 0.2) is 64.4 Å². The maximum Gasteiger partial charge on any atom is 0.270 e. The monoisotopic (exact) mass is 392 g/mol. The van der Waals surface area contributed by atoms with Gasteiger partial charge in [-0.2, -0.15) is 0 Å². The number of hydrogen-bond acceptors (Lipinski definition) is 7. The molecule has 0 atom stereocenters. The van der Waals surface area contributed by atoms with Gasteiger partial charge >= 0.3 is 0 Å². The molecule has 0 aliphatic carbocycles. The van der Waals surface area contributed by atoms with E-state index in [9.17, 15) is 14.9 Å². The number of carbonyl (C=O) groups excluding carboxylic acids is 1. The van der Waals surface area contributed by atoms with Gasteiger partial charge in [0.25, 0.3) is 11.6 Å². The third-order valence-electron chi connectivity index (χ3n) is 4.00. The second-order valence-electron chi connectivity index (χ2n) is 5.83. The van der Waals surface area contributed by atoms with Crippen molar-refractivity contribution in [2.45, 2.75) is 0 Å². The van der Waals surface area contributed by atoms with Gasteiger partial charge in [-0.25, -0.2) is 4.98 Å². The standard InChI is InChI=1S/C19H12N4O4S/c20-17-14(9-12-8-13(23(25)26)6-7-16(12)27-17)18(24)22-19-21-15(10-28-19)11-4-2-1-3-5-11/h1-10,20H,(H,21,22,24). The fraction of sp³-hybridized carbons (Fsp3) is 0. The van der Waals surface area contributed by atoms with E-state index in [-0.39, 0.29) is 22.4 Å². The van der Waals surface area contributed by atoms with Crippen molar-refractivity contribution in [1.82, 2.24) is 4.98 Å². The summed E-state index contributed by atoms with van der Waals surface area (Å²) in [5.74, 6) is -0.573. The van der Waals surface area contributed by atoms with Crippen LogP contribution in [0.25, 0.3) is 22.2 Å². The maximum absolute atomic E-state index is 12.6. The molecule has 2 heterocycles. The number of amides is 1. The van der Waals surface area contributed by atoms with E-state index >= 15 is 0 Å². The van der Waals surface area contributed by atoms with Gasteiger partial charge in [0.1, 0.15) is 11.1 Å². The molecule has 138 valence electrons. The van der Waals surface area contributed by atoms with Crippen LogP contribution in [0.2, 0.25) is 0 Å². The number of thiazole rings is 1. The molecule has 0 saturated heterocycles. The number of hydrogen-bond donors (Lipinski definition) is 2. The average molecular weight is 392 g/mol. The number of nitrogens with zero attached hydrogens (tertiary/aromatic N) is 2. The molecule has 0 aliphatic heterocycles. The highest BCUT2D eigenvalue weighted by atomic mass is 32.1. The van der Waals surface area contributed by atoms with Crippen LogP contribution in [0.5, 0.6) is 0 Å². The van der Waals surface area contributed by atoms with E-state index < -0.39 is 10.8 Å². The smallest absolute Gasteiger partial charge is 0.270 e. The molecule has 4 rings (SSSR count). The van der Waals surface area contributed by atoms with Crippen molar-refractivity contribution < 1.29 is 14.1 Å². The second-order valence-corrected chi connectivity index (χ2v) is 6.68. The number of anilines is 1. The third-order valence-corrected chi connectivity index (χ3v) is 4.76. The van der Waals surface area contributed by atoms with Crippen LogP contribution >= 0.6 is 11.3 Å². The first-order valence-electron chi connectivity index (χ1n) is 8.10. The van der Waals surface area contributed by atoms with Crippen molar-refractivity contribution in [2.75, 3.05) is 5.32 Å². The maximum atomic E-state index is 12.6. The lowest BCUT2D eigenvalue weighted by atomic mass is 10.1. The first-order chi connectivity index (χ1) is 13.5. The fourth-order valence-electron chi connectivity index (χ4n) is 2.65. The van der Waals surface area contributed by atoms with Crippen molar-refractivity contribution >= 4 is 39.0 Å². The molecule has 8 nitrogen and oxygen atoms in total. The highest BCUT2D eigenvalue weighted by Crippen LogP contribution is 2.25. The Labute approximate surface area is 161 Å². The number of carbonyl (C=O) groups is 1. The quantitative estimate of drug-likeness (QED) is 0.398. The zero-order chi connectivity index (χ0) is 19.7. The minimum Gasteiger partial charge on any atom is -0.438 e. The van der Waals surface area contributed by atoms with E-state index in [4.69, 9.17) is 9.83 Å². The molecule has 0 saturated carbocycles. The lowest BCUT2D eigenvalue weighted by Crippen LogP contribution is -2.20. The van der Waals surface area contributed by atoms with E-state index in [2.05, 4.69) is 10.3 Å². The number of non-ortho nitro benzene ring substituents is 1. The molecule has 2 aromatic carbocycles. The normalized spacial score (nSPS) is 10.7. The first kappa shape index (κ1) is 17.6. The average Bonchev–Trinajstić information content (AvgIpc) is 3.16. The highest BCUT2D eigenvalue weighted by molar-refractivity contribution is 7.14. The fourth-order valence-corrected chi connectivity index (χ4v) is 3.36. The Hall–Kier alpha value is -3.85. The topological polar surface area (TPSA) is 122 Å². The van der Waals surface area contributed by atoms with Gasteiger partial charge in [-0.1, -0.05) is 30.3 Å². The molecular weight excluding hydrogens is 380 g/mol. The molecule has 1 amide bonds. The molecule has 2 N–H and O–H groups in total. The molecule has 28 heavy (non-hydrogen) atoms. The zero-order valence-corrected chi connectivity index (χ0v) is 15.0. The third kappa shape index (κ3) is 3.38. The van der Waals surface area contributed by atoms with Crippen molar-refractivity contribution in [3.8, 4) is 11.3 Å². The van der Waals surface area contributed by atoms with Gasteiger partial charge in [-0.05, 0) is 12.1 Å². The molecule has 0 unspecified atom stereocenters. The molecule has 0 radical (unpaired) electrons. The van der Waals surface area contributed by atoms with Gasteiger partial charge in [0.05, 0.1) is 10.6 Å². The van der Waals surface area contributed by atoms with E-state index in [0.29, 0.717) is 10.5 Å². The number of nitro benzene ring substituents is 1. The minimum atomic E-state index is -0.573. The van der Waals surface area contributed by atoms with Gasteiger partial charge in [0, 0.05) is 28.5 Å². The summed E-state index contributed by atoms with van der Waals surface area (Å²) in [7, 11) is 0. The first-order valence-corrected chi connectivity index (χ1v) is 8.98. The van der Waals surface area contributed by atoms with Crippen LogP contribution in [0, 0.1) is 15.5 Å². The van der Waals surface area contributed by atoms with Gasteiger partial charge in [-0.3, -0.25) is 25.6 Å². The molecular formula is C19H12N4O4S. The van der Waals surface area contributed by atoms with Crippen LogP contribution < -0.4 is 10.9 Å². The molecule has 9 heteroatoms. The summed E-state index contributed by atoms with van der Waals surface area (Å²) >= 11 is 1.26. The Balaban J connectivity index is 1.63. The van der Waals surface area contributed by atoms with E-state index in [1.165, 1.54) is 35.6 Å². The number of benzene rings is 2. The summed E-state index contributed by atoms with van der Waals surface area (Å²) in [6.45, 7) is 0. The number of aromatic nitrogens is 1. The van der Waals surface area contributed by atoms with E-state index in [0.717, 1.165) is 11.3 Å². The lowest BCUT2D eigenvalue weighted by Gasteiger charge is -2.04. The van der Waals surface area contributed by atoms with Gasteiger partial charge in [-0.15, -0.1) is 11.3 Å². The number of nitro groups is 1. The van der Waals surface area contributed by atoms with Crippen LogP contribution in [0.1, 0.15) is 10.4 Å². The highest BCUT2D eigenvalue weighted by Gasteiger charge is 2.16. The molecule has 0 fully saturated rings. The number of fused-ring (bicyclic) bond motifs is 1. The summed E-state index contributed by atoms with van der Waals surface area (Å²) in [5.41, 5.74) is 1.44. The van der Waals surface area contributed by atoms with Crippen LogP contribution in [-0.4, -0.2) is 15.8 Å². The molecule has 4 aromatic rings. The number of nitrogens with one attached hydrogen (secondary N) is 2. The summed E-state index contributed by atoms with van der Waals surface area (Å²) in [5, 5.41) is 24.1. The van der Waals surface area contributed by atoms with Crippen molar-refractivity contribution in [2.24, 2.45) is 0 Å². The van der Waals surface area contributed by atoms with Gasteiger partial charge in [0.2, 0.25) is 5.55 Å². The molecule has 0 bridgehead atoms. The zero-order valence-electron chi connectivity index (χ0n) is 14.2. The summed E-state index contributed by atoms with van der Waals surface area (Å²) < 4.78 is 5.33. The van der Waals surface area contributed by atoms with Gasteiger partial charge in [0.15, 0.2) is 5.13 Å². The predicted octanol–water partition coefficient (Wildman–Crippen LogP) is 4.20. The summed E-state index contributed by atoms with van der Waals surface area (Å²) in [6, 6.07) is 14.9. The Morgan fingerprint density at radius 2 is 1.96 bits per heavy atom. The molecule has 0 spiro atoms. The molecule has 2 aromatic heterocycles. The van der Waals surface area contributed by atoms with Crippen LogP contribution in [0.3, 0.4) is 0 Å². The van der Waals surface area contributed by atoms with Crippen LogP contribution in [0.4, 0.5) is 10.8 Å². The largest absolute Gasteiger partial charge is 0.438 e. The minimum absolute atomic E-state index is 0.0375. The lowest BCUT2D eigenvalue weighted by molar-refractivity contribution is -0.384. The van der Waals surface area contributed by atoms with Gasteiger partial charge < -0.3 is 4.42 Å². The number of rotatable bonds is 4. The summed E-state index contributed by atoms with van der Waals surface area (Å²) in [4.78, 5) is 27.4. The van der Waals surface area contributed by atoms with Crippen molar-refractivity contribution in [3.05, 3.63) is 81.2 Å². The Kier molecular flexibility index (Phi) is 4.42. The Morgan fingerprint density at radius 1 is 1.18 bits per heavy atom. The Morgan fingerprint density at radius 3 is 2.71 bits per heavy atom. The predicted molar refractivity (Wildman–Crippen MR) is 104 cm³/mol. The molecule has 0 aliphatic rings. The van der Waals surface area contributed by atoms with E-state index in [1.54, 1.807) is 0 Å². The van der Waals surface area contributed by atoms with Crippen LogP contribution in [-0.2, 0) is 0 Å². The van der Waals surface area contributed by atoms with Crippen molar-refractivity contribution in [3.63, 3.8) is 0 Å². The Bertz CT molecular complexity index is 1260. The van der Waals surface area contributed by atoms with Crippen molar-refractivity contribution in [1.29, 1.82) is 5.41 Å². The summed E-state index contributed by atoms with van der Waals surface area (Å²) in [6.07, 6.45) is 0. The SMILES string of the molecule is N=c1oc2ccc([N+](=O)[O-])cc2cc1C(=O)Nc1nc(-c2ccccc2)cs1. The van der Waals surface area contributed by atoms with E-state index in [1.807, 2.05) is 35.7 Å².